The van der Waals surface area contributed by atoms with Gasteiger partial charge < -0.3 is 19.5 Å². The molecule has 1 N–H and O–H groups in total. The predicted molar refractivity (Wildman–Crippen MR) is 162 cm³/mol. The average Bonchev–Trinajstić information content (AvgIpc) is 2.91. The number of allylic oxidation sites excluding steroid dienone is 1. The summed E-state index contributed by atoms with van der Waals surface area (Å²) in [5, 5.41) is 9.41. The fourth-order valence-electron chi connectivity index (χ4n) is 4.87. The van der Waals surface area contributed by atoms with E-state index in [4.69, 9.17) is 9.47 Å². The molecule has 0 aromatic heterocycles. The first-order valence-electron chi connectivity index (χ1n) is 16.4. The van der Waals surface area contributed by atoms with Gasteiger partial charge in [0, 0.05) is 19.4 Å². The van der Waals surface area contributed by atoms with Crippen LogP contribution in [0, 0.1) is 0 Å². The highest BCUT2D eigenvalue weighted by Gasteiger charge is 2.07. The monoisotopic (exact) mass is 539 g/mol. The highest BCUT2D eigenvalue weighted by molar-refractivity contribution is 5.69. The van der Waals surface area contributed by atoms with E-state index in [1.165, 1.54) is 83.5 Å². The zero-order valence-electron chi connectivity index (χ0n) is 25.8. The van der Waals surface area contributed by atoms with E-state index in [1.807, 2.05) is 0 Å². The Morgan fingerprint density at radius 1 is 0.684 bits per heavy atom. The second-order valence-electron chi connectivity index (χ2n) is 11.0. The van der Waals surface area contributed by atoms with Gasteiger partial charge in [0.2, 0.25) is 0 Å². The minimum atomic E-state index is -0.0232. The van der Waals surface area contributed by atoms with E-state index in [-0.39, 0.29) is 12.6 Å². The minimum Gasteiger partial charge on any atom is -0.495 e. The van der Waals surface area contributed by atoms with E-state index in [1.54, 1.807) is 0 Å². The molecule has 5 heteroatoms. The normalized spacial score (nSPS) is 11.4. The van der Waals surface area contributed by atoms with Crippen molar-refractivity contribution in [1.82, 2.24) is 4.90 Å². The molecule has 0 bridgehead atoms. The SMILES string of the molecule is C=C(CCCCCCCN(CCO)CCCCCCCC(=O)OCCCCCCCCC)OC(CC)CC. The molecule has 0 atom stereocenters. The van der Waals surface area contributed by atoms with Gasteiger partial charge in [-0.3, -0.25) is 4.79 Å². The summed E-state index contributed by atoms with van der Waals surface area (Å²) in [5.74, 6) is 0.927. The van der Waals surface area contributed by atoms with Crippen LogP contribution in [0.4, 0.5) is 0 Å². The third-order valence-corrected chi connectivity index (χ3v) is 7.46. The van der Waals surface area contributed by atoms with E-state index in [9.17, 15) is 9.90 Å². The van der Waals surface area contributed by atoms with Crippen LogP contribution in [0.2, 0.25) is 0 Å². The topological polar surface area (TPSA) is 59.0 Å². The Morgan fingerprint density at radius 3 is 1.74 bits per heavy atom. The Morgan fingerprint density at radius 2 is 1.18 bits per heavy atom. The van der Waals surface area contributed by atoms with E-state index in [0.717, 1.165) is 70.3 Å². The maximum atomic E-state index is 11.9. The van der Waals surface area contributed by atoms with Crippen molar-refractivity contribution in [2.24, 2.45) is 0 Å². The molecule has 226 valence electrons. The number of ether oxygens (including phenoxy) is 2. The smallest absolute Gasteiger partial charge is 0.305 e. The second kappa shape index (κ2) is 28.9. The number of unbranched alkanes of at least 4 members (excludes halogenated alkanes) is 14. The van der Waals surface area contributed by atoms with Crippen LogP contribution in [0.1, 0.15) is 156 Å². The van der Waals surface area contributed by atoms with Crippen molar-refractivity contribution in [2.75, 3.05) is 32.8 Å². The summed E-state index contributed by atoms with van der Waals surface area (Å²) in [4.78, 5) is 14.3. The van der Waals surface area contributed by atoms with Gasteiger partial charge in [0.25, 0.3) is 0 Å². The van der Waals surface area contributed by atoms with Crippen LogP contribution in [-0.4, -0.2) is 54.9 Å². The van der Waals surface area contributed by atoms with Gasteiger partial charge in [-0.1, -0.05) is 104 Å². The molecule has 0 radical (unpaired) electrons. The van der Waals surface area contributed by atoms with Crippen molar-refractivity contribution >= 4 is 5.97 Å². The van der Waals surface area contributed by atoms with Gasteiger partial charge in [-0.2, -0.15) is 0 Å². The fourth-order valence-corrected chi connectivity index (χ4v) is 4.87. The van der Waals surface area contributed by atoms with Crippen LogP contribution >= 0.6 is 0 Å². The Bertz CT molecular complexity index is 521. The zero-order chi connectivity index (χ0) is 28.1. The molecule has 0 aromatic rings. The highest BCUT2D eigenvalue weighted by atomic mass is 16.5. The van der Waals surface area contributed by atoms with E-state index < -0.39 is 0 Å². The first kappa shape index (κ1) is 36.9. The maximum Gasteiger partial charge on any atom is 0.305 e. The summed E-state index contributed by atoms with van der Waals surface area (Å²) in [6.07, 6.45) is 24.4. The number of nitrogens with zero attached hydrogens (tertiary/aromatic N) is 1. The lowest BCUT2D eigenvalue weighted by atomic mass is 10.1. The highest BCUT2D eigenvalue weighted by Crippen LogP contribution is 2.16. The fraction of sp³-hybridized carbons (Fsp3) is 0.909. The number of esters is 1. The van der Waals surface area contributed by atoms with Crippen molar-refractivity contribution in [2.45, 2.75) is 162 Å². The number of hydrogen-bond donors (Lipinski definition) is 1. The van der Waals surface area contributed by atoms with Crippen LogP contribution in [-0.2, 0) is 14.3 Å². The lowest BCUT2D eigenvalue weighted by molar-refractivity contribution is -0.143. The van der Waals surface area contributed by atoms with Crippen LogP contribution in [0.15, 0.2) is 12.3 Å². The average molecular weight is 540 g/mol. The number of carbonyl (C=O) groups is 1. The lowest BCUT2D eigenvalue weighted by Crippen LogP contribution is -2.29. The summed E-state index contributed by atoms with van der Waals surface area (Å²) >= 11 is 0. The van der Waals surface area contributed by atoms with Crippen LogP contribution < -0.4 is 0 Å². The summed E-state index contributed by atoms with van der Waals surface area (Å²) in [6.45, 7) is 14.4. The summed E-state index contributed by atoms with van der Waals surface area (Å²) < 4.78 is 11.3. The standard InChI is InChI=1S/C33H65NO4/c1-5-8-9-10-11-18-23-30-37-33(36)25-20-15-13-17-22-27-34(28-29-35)26-21-16-12-14-19-24-31(4)38-32(6-2)7-3/h32,35H,4-30H2,1-3H3. The largest absolute Gasteiger partial charge is 0.495 e. The molecule has 0 aliphatic carbocycles. The Labute approximate surface area is 237 Å². The minimum absolute atomic E-state index is 0.0232. The first-order valence-corrected chi connectivity index (χ1v) is 16.4. The van der Waals surface area contributed by atoms with Crippen molar-refractivity contribution in [3.8, 4) is 0 Å². The molecule has 0 saturated heterocycles. The van der Waals surface area contributed by atoms with Gasteiger partial charge in [-0.25, -0.2) is 0 Å². The second-order valence-corrected chi connectivity index (χ2v) is 11.0. The summed E-state index contributed by atoms with van der Waals surface area (Å²) in [5.41, 5.74) is 0. The molecule has 0 aliphatic rings. The molecular weight excluding hydrogens is 474 g/mol. The third kappa shape index (κ3) is 25.2. The molecule has 5 nitrogen and oxygen atoms in total. The van der Waals surface area contributed by atoms with Crippen LogP contribution in [0.25, 0.3) is 0 Å². The quantitative estimate of drug-likeness (QED) is 0.0561. The summed E-state index contributed by atoms with van der Waals surface area (Å²) in [6, 6.07) is 0. The van der Waals surface area contributed by atoms with Gasteiger partial charge in [0.15, 0.2) is 0 Å². The van der Waals surface area contributed by atoms with Crippen LogP contribution in [0.3, 0.4) is 0 Å². The Balaban J connectivity index is 3.61. The molecule has 0 saturated carbocycles. The molecule has 0 spiro atoms. The number of hydrogen-bond acceptors (Lipinski definition) is 5. The van der Waals surface area contributed by atoms with Crippen molar-refractivity contribution in [3.05, 3.63) is 12.3 Å². The van der Waals surface area contributed by atoms with Crippen molar-refractivity contribution in [3.63, 3.8) is 0 Å². The van der Waals surface area contributed by atoms with Crippen LogP contribution in [0.5, 0.6) is 0 Å². The predicted octanol–water partition coefficient (Wildman–Crippen LogP) is 8.97. The zero-order valence-corrected chi connectivity index (χ0v) is 25.8. The van der Waals surface area contributed by atoms with Gasteiger partial charge >= 0.3 is 5.97 Å². The molecule has 0 unspecified atom stereocenters. The molecule has 0 aromatic carbocycles. The van der Waals surface area contributed by atoms with Gasteiger partial charge in [-0.15, -0.1) is 0 Å². The summed E-state index contributed by atoms with van der Waals surface area (Å²) in [7, 11) is 0. The van der Waals surface area contributed by atoms with E-state index in [0.29, 0.717) is 19.1 Å². The number of aliphatic hydroxyl groups excluding tert-OH is 1. The van der Waals surface area contributed by atoms with Gasteiger partial charge in [-0.05, 0) is 58.0 Å². The molecule has 0 amide bonds. The maximum absolute atomic E-state index is 11.9. The molecular formula is C33H65NO4. The third-order valence-electron chi connectivity index (χ3n) is 7.46. The Kier molecular flexibility index (Phi) is 28.1. The van der Waals surface area contributed by atoms with Crippen molar-refractivity contribution in [1.29, 1.82) is 0 Å². The molecule has 0 rings (SSSR count). The lowest BCUT2D eigenvalue weighted by Gasteiger charge is -2.21. The number of aliphatic hydroxyl groups is 1. The molecule has 0 fully saturated rings. The Hall–Kier alpha value is -1.07. The van der Waals surface area contributed by atoms with E-state index in [2.05, 4.69) is 32.3 Å². The molecule has 38 heavy (non-hydrogen) atoms. The van der Waals surface area contributed by atoms with Gasteiger partial charge in [0.1, 0.15) is 0 Å². The first-order chi connectivity index (χ1) is 18.6. The van der Waals surface area contributed by atoms with Crippen molar-refractivity contribution < 1.29 is 19.4 Å². The van der Waals surface area contributed by atoms with E-state index >= 15 is 0 Å². The molecule has 0 heterocycles. The number of rotatable bonds is 30. The molecule has 0 aliphatic heterocycles. The van der Waals surface area contributed by atoms with Gasteiger partial charge in [0.05, 0.1) is 25.1 Å². The number of carbonyl (C=O) groups excluding carboxylic acids is 1.